The van der Waals surface area contributed by atoms with E-state index in [-0.39, 0.29) is 6.03 Å². The van der Waals surface area contributed by atoms with Gasteiger partial charge in [0.2, 0.25) is 0 Å². The van der Waals surface area contributed by atoms with Crippen molar-refractivity contribution in [2.45, 2.75) is 110 Å². The first-order chi connectivity index (χ1) is 15.1. The molecule has 4 nitrogen and oxygen atoms in total. The second-order valence-electron chi connectivity index (χ2n) is 9.10. The van der Waals surface area contributed by atoms with Crippen LogP contribution in [0.25, 0.3) is 0 Å². The van der Waals surface area contributed by atoms with Gasteiger partial charge < -0.3 is 15.5 Å². The molecule has 0 bridgehead atoms. The molecule has 0 aromatic heterocycles. The molecule has 0 heterocycles. The highest BCUT2D eigenvalue weighted by atomic mass is 16.2. The summed E-state index contributed by atoms with van der Waals surface area (Å²) < 4.78 is 0. The number of amides is 2. The molecule has 0 aliphatic rings. The van der Waals surface area contributed by atoms with Gasteiger partial charge in [0.05, 0.1) is 11.4 Å². The van der Waals surface area contributed by atoms with Crippen LogP contribution in [0.4, 0.5) is 16.2 Å². The van der Waals surface area contributed by atoms with E-state index in [0.29, 0.717) is 0 Å². The molecule has 0 radical (unpaired) electrons. The van der Waals surface area contributed by atoms with Crippen molar-refractivity contribution in [1.82, 2.24) is 5.32 Å². The molecule has 1 aromatic carbocycles. The minimum absolute atomic E-state index is 0.116. The maximum absolute atomic E-state index is 12.1. The Morgan fingerprint density at radius 2 is 1.16 bits per heavy atom. The smallest absolute Gasteiger partial charge is 0.319 e. The summed E-state index contributed by atoms with van der Waals surface area (Å²) in [6.45, 7) is 3.03. The van der Waals surface area contributed by atoms with Crippen LogP contribution in [-0.4, -0.2) is 26.7 Å². The summed E-state index contributed by atoms with van der Waals surface area (Å²) in [6, 6.07) is 7.75. The quantitative estimate of drug-likeness (QED) is 0.217. The van der Waals surface area contributed by atoms with Crippen LogP contribution < -0.4 is 15.5 Å². The minimum atomic E-state index is -0.116. The summed E-state index contributed by atoms with van der Waals surface area (Å²) in [5, 5.41) is 5.93. The summed E-state index contributed by atoms with van der Waals surface area (Å²) >= 11 is 0. The number of urea groups is 1. The number of para-hydroxylation sites is 2. The Morgan fingerprint density at radius 3 is 1.65 bits per heavy atom. The minimum Gasteiger partial charge on any atom is -0.376 e. The second-order valence-corrected chi connectivity index (χ2v) is 9.10. The molecular formula is C27H49N3O. The van der Waals surface area contributed by atoms with Crippen LogP contribution in [0.15, 0.2) is 24.3 Å². The van der Waals surface area contributed by atoms with E-state index in [0.717, 1.165) is 24.3 Å². The average Bonchev–Trinajstić information content (AvgIpc) is 2.76. The Labute approximate surface area is 192 Å². The molecule has 0 saturated heterocycles. The monoisotopic (exact) mass is 431 g/mol. The third kappa shape index (κ3) is 14.8. The fourth-order valence-electron chi connectivity index (χ4n) is 4.01. The number of carbonyl (C=O) groups is 1. The van der Waals surface area contributed by atoms with Crippen LogP contribution in [0.2, 0.25) is 0 Å². The number of rotatable bonds is 19. The lowest BCUT2D eigenvalue weighted by molar-refractivity contribution is 0.252. The maximum Gasteiger partial charge on any atom is 0.319 e. The van der Waals surface area contributed by atoms with Crippen LogP contribution in [0, 0.1) is 0 Å². The van der Waals surface area contributed by atoms with Crippen molar-refractivity contribution in [2.75, 3.05) is 30.9 Å². The first-order valence-electron chi connectivity index (χ1n) is 13.0. The third-order valence-corrected chi connectivity index (χ3v) is 5.95. The predicted octanol–water partition coefficient (Wildman–Crippen LogP) is 8.14. The molecule has 2 N–H and O–H groups in total. The Morgan fingerprint density at radius 1 is 0.710 bits per heavy atom. The normalized spacial score (nSPS) is 10.8. The van der Waals surface area contributed by atoms with E-state index in [9.17, 15) is 4.79 Å². The molecule has 0 aliphatic carbocycles. The van der Waals surface area contributed by atoms with E-state index < -0.39 is 0 Å². The fraction of sp³-hybridized carbons (Fsp3) is 0.741. The number of nitrogens with zero attached hydrogens (tertiary/aromatic N) is 1. The summed E-state index contributed by atoms with van der Waals surface area (Å²) in [5.74, 6) is 0. The van der Waals surface area contributed by atoms with Crippen LogP contribution >= 0.6 is 0 Å². The molecule has 0 atom stereocenters. The van der Waals surface area contributed by atoms with Gasteiger partial charge in [-0.1, -0.05) is 115 Å². The number of benzene rings is 1. The SMILES string of the molecule is CCCCCCCCCCCCCCCCCCNC(=O)Nc1ccccc1N(C)C. The largest absolute Gasteiger partial charge is 0.376 e. The number of hydrogen-bond acceptors (Lipinski definition) is 2. The zero-order valence-corrected chi connectivity index (χ0v) is 20.7. The molecule has 0 spiro atoms. The predicted molar refractivity (Wildman–Crippen MR) is 137 cm³/mol. The molecule has 2 amide bonds. The summed E-state index contributed by atoms with van der Waals surface area (Å²) in [6.07, 6.45) is 21.9. The van der Waals surface area contributed by atoms with Gasteiger partial charge in [0, 0.05) is 20.6 Å². The summed E-state index contributed by atoms with van der Waals surface area (Å²) in [4.78, 5) is 14.1. The fourth-order valence-corrected chi connectivity index (χ4v) is 4.01. The lowest BCUT2D eigenvalue weighted by Crippen LogP contribution is -2.30. The first-order valence-corrected chi connectivity index (χ1v) is 13.0. The Hall–Kier alpha value is -1.71. The number of hydrogen-bond donors (Lipinski definition) is 2. The molecule has 4 heteroatoms. The van der Waals surface area contributed by atoms with Gasteiger partial charge in [-0.3, -0.25) is 0 Å². The van der Waals surface area contributed by atoms with E-state index >= 15 is 0 Å². The highest BCUT2D eigenvalue weighted by molar-refractivity contribution is 5.93. The molecular weight excluding hydrogens is 382 g/mol. The van der Waals surface area contributed by atoms with Crippen molar-refractivity contribution in [3.05, 3.63) is 24.3 Å². The van der Waals surface area contributed by atoms with E-state index in [1.54, 1.807) is 0 Å². The van der Waals surface area contributed by atoms with E-state index in [4.69, 9.17) is 0 Å². The lowest BCUT2D eigenvalue weighted by Gasteiger charge is -2.17. The highest BCUT2D eigenvalue weighted by Crippen LogP contribution is 2.23. The zero-order chi connectivity index (χ0) is 22.6. The zero-order valence-electron chi connectivity index (χ0n) is 20.7. The topological polar surface area (TPSA) is 44.4 Å². The number of nitrogens with one attached hydrogen (secondary N) is 2. The van der Waals surface area contributed by atoms with Gasteiger partial charge in [-0.05, 0) is 18.6 Å². The molecule has 1 rings (SSSR count). The average molecular weight is 432 g/mol. The highest BCUT2D eigenvalue weighted by Gasteiger charge is 2.06. The Balaban J connectivity index is 1.87. The van der Waals surface area contributed by atoms with Gasteiger partial charge in [-0.2, -0.15) is 0 Å². The van der Waals surface area contributed by atoms with Crippen LogP contribution in [0.3, 0.4) is 0 Å². The van der Waals surface area contributed by atoms with Crippen molar-refractivity contribution in [3.8, 4) is 0 Å². The van der Waals surface area contributed by atoms with Gasteiger partial charge in [0.25, 0.3) is 0 Å². The summed E-state index contributed by atoms with van der Waals surface area (Å²) in [7, 11) is 3.96. The second kappa shape index (κ2) is 19.0. The van der Waals surface area contributed by atoms with Crippen molar-refractivity contribution in [1.29, 1.82) is 0 Å². The van der Waals surface area contributed by atoms with Crippen molar-refractivity contribution in [2.24, 2.45) is 0 Å². The lowest BCUT2D eigenvalue weighted by atomic mass is 10.0. The number of carbonyl (C=O) groups excluding carboxylic acids is 1. The summed E-state index contributed by atoms with van der Waals surface area (Å²) in [5.41, 5.74) is 1.86. The van der Waals surface area contributed by atoms with Gasteiger partial charge in [-0.15, -0.1) is 0 Å². The Bertz CT molecular complexity index is 559. The molecule has 0 saturated carbocycles. The standard InChI is InChI=1S/C27H49N3O/c1-4-5-6-7-8-9-10-11-12-13-14-15-16-17-18-21-24-28-27(31)29-25-22-19-20-23-26(25)30(2)3/h19-20,22-23H,4-18,21,24H2,1-3H3,(H2,28,29,31). The van der Waals surface area contributed by atoms with Crippen LogP contribution in [-0.2, 0) is 0 Å². The van der Waals surface area contributed by atoms with Gasteiger partial charge in [0.15, 0.2) is 0 Å². The molecule has 31 heavy (non-hydrogen) atoms. The van der Waals surface area contributed by atoms with Crippen molar-refractivity contribution < 1.29 is 4.79 Å². The molecule has 0 aliphatic heterocycles. The molecule has 0 unspecified atom stereocenters. The van der Waals surface area contributed by atoms with E-state index in [2.05, 4.69) is 17.6 Å². The van der Waals surface area contributed by atoms with E-state index in [1.165, 1.54) is 96.3 Å². The molecule has 178 valence electrons. The number of anilines is 2. The first kappa shape index (κ1) is 27.3. The van der Waals surface area contributed by atoms with Gasteiger partial charge in [0.1, 0.15) is 0 Å². The van der Waals surface area contributed by atoms with Crippen molar-refractivity contribution in [3.63, 3.8) is 0 Å². The van der Waals surface area contributed by atoms with Gasteiger partial charge >= 0.3 is 6.03 Å². The van der Waals surface area contributed by atoms with Crippen LogP contribution in [0.1, 0.15) is 110 Å². The third-order valence-electron chi connectivity index (χ3n) is 5.95. The van der Waals surface area contributed by atoms with Crippen LogP contribution in [0.5, 0.6) is 0 Å². The van der Waals surface area contributed by atoms with Gasteiger partial charge in [-0.25, -0.2) is 4.79 Å². The number of unbranched alkanes of at least 4 members (excludes halogenated alkanes) is 15. The molecule has 0 fully saturated rings. The Kier molecular flexibility index (Phi) is 16.8. The maximum atomic E-state index is 12.1. The van der Waals surface area contributed by atoms with E-state index in [1.807, 2.05) is 43.3 Å². The van der Waals surface area contributed by atoms with Crippen molar-refractivity contribution >= 4 is 17.4 Å². The molecule has 1 aromatic rings.